The molecule has 9 nitrogen and oxygen atoms in total. The van der Waals surface area contributed by atoms with Crippen LogP contribution in [0.1, 0.15) is 20.7 Å². The molecular weight excluding hydrogens is 412 g/mol. The summed E-state index contributed by atoms with van der Waals surface area (Å²) in [5.74, 6) is -1.21. The number of methoxy groups -OCH3 is 3. The number of thioether (sulfide) groups is 1. The Balaban J connectivity index is 2.13. The van der Waals surface area contributed by atoms with E-state index in [-0.39, 0.29) is 23.4 Å². The van der Waals surface area contributed by atoms with E-state index in [1.54, 1.807) is 18.2 Å². The van der Waals surface area contributed by atoms with Gasteiger partial charge in [-0.25, -0.2) is 9.59 Å². The second kappa shape index (κ2) is 10.7. The number of anilines is 1. The molecule has 0 unspecified atom stereocenters. The minimum Gasteiger partial charge on any atom is -0.493 e. The third-order valence-corrected chi connectivity index (χ3v) is 4.30. The molecule has 0 aromatic heterocycles. The SMILES string of the molecule is COC(=O)c1cc(NC(=O)COc2ccc(SC#N)cc2OC)cc(C(=O)OC)c1. The lowest BCUT2D eigenvalue weighted by Crippen LogP contribution is -2.21. The van der Waals surface area contributed by atoms with Crippen molar-refractivity contribution in [3.05, 3.63) is 47.5 Å². The molecule has 156 valence electrons. The van der Waals surface area contributed by atoms with Crippen LogP contribution in [-0.4, -0.2) is 45.8 Å². The van der Waals surface area contributed by atoms with Gasteiger partial charge in [0.25, 0.3) is 5.91 Å². The predicted octanol–water partition coefficient (Wildman–Crippen LogP) is 2.86. The predicted molar refractivity (Wildman–Crippen MR) is 108 cm³/mol. The zero-order valence-corrected chi connectivity index (χ0v) is 17.2. The molecule has 10 heteroatoms. The van der Waals surface area contributed by atoms with Gasteiger partial charge in [-0.05, 0) is 48.2 Å². The minimum absolute atomic E-state index is 0.0730. The summed E-state index contributed by atoms with van der Waals surface area (Å²) in [4.78, 5) is 36.6. The maximum Gasteiger partial charge on any atom is 0.337 e. The highest BCUT2D eigenvalue weighted by Gasteiger charge is 2.16. The van der Waals surface area contributed by atoms with Gasteiger partial charge in [0, 0.05) is 10.6 Å². The Morgan fingerprint density at radius 2 is 1.60 bits per heavy atom. The zero-order chi connectivity index (χ0) is 22.1. The first-order valence-corrected chi connectivity index (χ1v) is 9.21. The Kier molecular flexibility index (Phi) is 8.08. The molecule has 1 amide bonds. The molecule has 2 aromatic carbocycles. The Morgan fingerprint density at radius 3 is 2.13 bits per heavy atom. The number of ether oxygens (including phenoxy) is 4. The second-order valence-corrected chi connectivity index (χ2v) is 6.48. The van der Waals surface area contributed by atoms with Gasteiger partial charge < -0.3 is 24.3 Å². The van der Waals surface area contributed by atoms with Crippen molar-refractivity contribution in [2.45, 2.75) is 4.90 Å². The lowest BCUT2D eigenvalue weighted by molar-refractivity contribution is -0.118. The molecule has 2 rings (SSSR count). The van der Waals surface area contributed by atoms with Crippen molar-refractivity contribution < 1.29 is 33.3 Å². The van der Waals surface area contributed by atoms with Crippen LogP contribution in [0.15, 0.2) is 41.3 Å². The summed E-state index contributed by atoms with van der Waals surface area (Å²) in [5.41, 5.74) is 0.340. The summed E-state index contributed by atoms with van der Waals surface area (Å²) in [6.45, 7) is -0.364. The molecule has 0 heterocycles. The fourth-order valence-corrected chi connectivity index (χ4v) is 2.80. The van der Waals surface area contributed by atoms with Crippen molar-refractivity contribution in [2.24, 2.45) is 0 Å². The van der Waals surface area contributed by atoms with Gasteiger partial charge in [0.2, 0.25) is 0 Å². The van der Waals surface area contributed by atoms with Crippen molar-refractivity contribution in [1.29, 1.82) is 5.26 Å². The van der Waals surface area contributed by atoms with E-state index in [0.717, 1.165) is 11.8 Å². The first-order valence-electron chi connectivity index (χ1n) is 8.40. The number of nitrogens with one attached hydrogen (secondary N) is 1. The van der Waals surface area contributed by atoms with Crippen molar-refractivity contribution in [1.82, 2.24) is 0 Å². The van der Waals surface area contributed by atoms with E-state index in [2.05, 4.69) is 14.8 Å². The van der Waals surface area contributed by atoms with Gasteiger partial charge >= 0.3 is 11.9 Å². The summed E-state index contributed by atoms with van der Waals surface area (Å²) in [6.07, 6.45) is 0. The first kappa shape index (κ1) is 22.6. The van der Waals surface area contributed by atoms with Crippen LogP contribution in [0.5, 0.6) is 11.5 Å². The number of carbonyl (C=O) groups excluding carboxylic acids is 3. The molecule has 0 aliphatic rings. The van der Waals surface area contributed by atoms with Crippen molar-refractivity contribution >= 4 is 35.3 Å². The topological polar surface area (TPSA) is 124 Å². The summed E-state index contributed by atoms with van der Waals surface area (Å²) >= 11 is 0.966. The van der Waals surface area contributed by atoms with Crippen LogP contribution in [0.2, 0.25) is 0 Å². The highest BCUT2D eigenvalue weighted by molar-refractivity contribution is 8.03. The van der Waals surface area contributed by atoms with Crippen LogP contribution in [0.4, 0.5) is 5.69 Å². The van der Waals surface area contributed by atoms with Gasteiger partial charge in [0.1, 0.15) is 5.40 Å². The third-order valence-electron chi connectivity index (χ3n) is 3.72. The number of thiocyanates is 1. The van der Waals surface area contributed by atoms with E-state index in [9.17, 15) is 14.4 Å². The zero-order valence-electron chi connectivity index (χ0n) is 16.4. The molecular formula is C20H18N2O7S. The summed E-state index contributed by atoms with van der Waals surface area (Å²) in [6, 6.07) is 8.89. The van der Waals surface area contributed by atoms with E-state index in [4.69, 9.17) is 14.7 Å². The molecule has 0 aliphatic carbocycles. The summed E-state index contributed by atoms with van der Waals surface area (Å²) in [7, 11) is 3.84. The van der Waals surface area contributed by atoms with E-state index >= 15 is 0 Å². The van der Waals surface area contributed by atoms with Crippen LogP contribution in [0.25, 0.3) is 0 Å². The van der Waals surface area contributed by atoms with Crippen molar-refractivity contribution in [3.63, 3.8) is 0 Å². The van der Waals surface area contributed by atoms with E-state index in [1.165, 1.54) is 39.5 Å². The number of amides is 1. The molecule has 0 aliphatic heterocycles. The van der Waals surface area contributed by atoms with Crippen LogP contribution in [0.3, 0.4) is 0 Å². The number of nitrogens with zero attached hydrogens (tertiary/aromatic N) is 1. The van der Waals surface area contributed by atoms with Gasteiger partial charge in [-0.15, -0.1) is 0 Å². The number of rotatable bonds is 8. The molecule has 0 bridgehead atoms. The van der Waals surface area contributed by atoms with Gasteiger partial charge in [-0.3, -0.25) is 4.79 Å². The molecule has 0 saturated carbocycles. The first-order chi connectivity index (χ1) is 14.4. The normalized spacial score (nSPS) is 9.80. The Bertz CT molecular complexity index is 967. The molecule has 0 fully saturated rings. The van der Waals surface area contributed by atoms with Crippen LogP contribution < -0.4 is 14.8 Å². The van der Waals surface area contributed by atoms with Gasteiger partial charge in [-0.1, -0.05) is 0 Å². The number of carbonyl (C=O) groups is 3. The lowest BCUT2D eigenvalue weighted by atomic mass is 10.1. The number of benzene rings is 2. The maximum absolute atomic E-state index is 12.3. The minimum atomic E-state index is -0.674. The highest BCUT2D eigenvalue weighted by Crippen LogP contribution is 2.31. The maximum atomic E-state index is 12.3. The number of hydrogen-bond donors (Lipinski definition) is 1. The number of nitriles is 1. The second-order valence-electron chi connectivity index (χ2n) is 5.63. The summed E-state index contributed by atoms with van der Waals surface area (Å²) < 4.78 is 20.0. The molecule has 0 saturated heterocycles. The third kappa shape index (κ3) is 5.89. The molecule has 0 radical (unpaired) electrons. The van der Waals surface area contributed by atoms with Crippen molar-refractivity contribution in [3.8, 4) is 16.9 Å². The van der Waals surface area contributed by atoms with Crippen molar-refractivity contribution in [2.75, 3.05) is 33.3 Å². The van der Waals surface area contributed by atoms with E-state index in [1.807, 2.05) is 5.40 Å². The Labute approximate surface area is 176 Å². The number of esters is 2. The molecule has 0 spiro atoms. The van der Waals surface area contributed by atoms with E-state index in [0.29, 0.717) is 16.4 Å². The fourth-order valence-electron chi connectivity index (χ4n) is 2.39. The number of hydrogen-bond acceptors (Lipinski definition) is 9. The van der Waals surface area contributed by atoms with Gasteiger partial charge in [0.15, 0.2) is 18.1 Å². The standard InChI is InChI=1S/C20H18N2O7S/c1-26-17-9-15(30-11-21)4-5-16(17)29-10-18(23)22-14-7-12(19(24)27-2)6-13(8-14)20(25)28-3/h4-9H,10H2,1-3H3,(H,22,23). The average molecular weight is 430 g/mol. The quantitative estimate of drug-likeness (QED) is 0.382. The Hall–Kier alpha value is -3.71. The van der Waals surface area contributed by atoms with Crippen LogP contribution in [0, 0.1) is 10.7 Å². The molecule has 1 N–H and O–H groups in total. The average Bonchev–Trinajstić information content (AvgIpc) is 2.76. The summed E-state index contributed by atoms with van der Waals surface area (Å²) in [5, 5.41) is 13.2. The monoisotopic (exact) mass is 430 g/mol. The van der Waals surface area contributed by atoms with Crippen LogP contribution in [-0.2, 0) is 14.3 Å². The molecule has 0 atom stereocenters. The molecule has 2 aromatic rings. The smallest absolute Gasteiger partial charge is 0.337 e. The largest absolute Gasteiger partial charge is 0.493 e. The van der Waals surface area contributed by atoms with E-state index < -0.39 is 17.8 Å². The Morgan fingerprint density at radius 1 is 0.967 bits per heavy atom. The van der Waals surface area contributed by atoms with Gasteiger partial charge in [0.05, 0.1) is 32.5 Å². The molecule has 30 heavy (non-hydrogen) atoms. The van der Waals surface area contributed by atoms with Gasteiger partial charge in [-0.2, -0.15) is 5.26 Å². The lowest BCUT2D eigenvalue weighted by Gasteiger charge is -2.12. The highest BCUT2D eigenvalue weighted by atomic mass is 32.2. The van der Waals surface area contributed by atoms with Crippen LogP contribution >= 0.6 is 11.8 Å². The fraction of sp³-hybridized carbons (Fsp3) is 0.200.